The van der Waals surface area contributed by atoms with Gasteiger partial charge in [0.05, 0.1) is 19.7 Å². The predicted molar refractivity (Wildman–Crippen MR) is 121 cm³/mol. The van der Waals surface area contributed by atoms with Crippen molar-refractivity contribution in [3.63, 3.8) is 0 Å². The molecule has 2 N–H and O–H groups in total. The maximum absolute atomic E-state index is 5.75. The third kappa shape index (κ3) is 7.61. The van der Waals surface area contributed by atoms with Crippen molar-refractivity contribution in [3.05, 3.63) is 40.0 Å². The molecule has 27 heavy (non-hydrogen) atoms. The minimum Gasteiger partial charge on any atom is -0.477 e. The number of aryl methyl sites for hydroxylation is 1. The van der Waals surface area contributed by atoms with Crippen LogP contribution in [-0.4, -0.2) is 29.1 Å². The maximum Gasteiger partial charge on any atom is 0.213 e. The number of guanidine groups is 1. The van der Waals surface area contributed by atoms with Crippen molar-refractivity contribution < 1.29 is 4.74 Å². The SMILES string of the molecule is CCNC(=NCc1ccnc(OCC2CC2)c1)NCc1ncc(CC)s1.I. The molecule has 0 amide bonds. The number of aliphatic imine (C=N–C) groups is 1. The second kappa shape index (κ2) is 11.4. The highest BCUT2D eigenvalue weighted by Crippen LogP contribution is 2.29. The first-order valence-corrected chi connectivity index (χ1v) is 10.1. The van der Waals surface area contributed by atoms with Crippen LogP contribution in [0.4, 0.5) is 0 Å². The van der Waals surface area contributed by atoms with Gasteiger partial charge in [0.1, 0.15) is 5.01 Å². The molecule has 0 radical (unpaired) electrons. The Bertz CT molecular complexity index is 732. The van der Waals surface area contributed by atoms with Crippen LogP contribution >= 0.6 is 35.3 Å². The minimum absolute atomic E-state index is 0. The van der Waals surface area contributed by atoms with Gasteiger partial charge in [-0.2, -0.15) is 0 Å². The van der Waals surface area contributed by atoms with E-state index < -0.39 is 0 Å². The van der Waals surface area contributed by atoms with Gasteiger partial charge < -0.3 is 15.4 Å². The van der Waals surface area contributed by atoms with Crippen molar-refractivity contribution in [2.45, 2.75) is 46.2 Å². The molecule has 0 aliphatic heterocycles. The summed E-state index contributed by atoms with van der Waals surface area (Å²) < 4.78 is 5.75. The normalized spacial score (nSPS) is 13.8. The van der Waals surface area contributed by atoms with E-state index in [0.29, 0.717) is 19.0 Å². The van der Waals surface area contributed by atoms with Gasteiger partial charge in [-0.3, -0.25) is 0 Å². The van der Waals surface area contributed by atoms with Crippen LogP contribution in [0, 0.1) is 5.92 Å². The summed E-state index contributed by atoms with van der Waals surface area (Å²) in [4.78, 5) is 14.7. The quantitative estimate of drug-likeness (QED) is 0.311. The number of halogens is 1. The fraction of sp³-hybridized carbons (Fsp3) is 0.526. The Balaban J connectivity index is 0.00000261. The van der Waals surface area contributed by atoms with Gasteiger partial charge >= 0.3 is 0 Å². The molecule has 1 aliphatic carbocycles. The Hall–Kier alpha value is -1.42. The first-order valence-electron chi connectivity index (χ1n) is 9.30. The molecule has 6 nitrogen and oxygen atoms in total. The number of ether oxygens (including phenoxy) is 1. The van der Waals surface area contributed by atoms with E-state index in [0.717, 1.165) is 42.0 Å². The Morgan fingerprint density at radius 2 is 2.15 bits per heavy atom. The molecule has 148 valence electrons. The van der Waals surface area contributed by atoms with Crippen LogP contribution in [0.1, 0.15) is 42.1 Å². The highest BCUT2D eigenvalue weighted by atomic mass is 127. The van der Waals surface area contributed by atoms with Crippen LogP contribution in [0.2, 0.25) is 0 Å². The molecule has 1 saturated carbocycles. The van der Waals surface area contributed by atoms with E-state index in [9.17, 15) is 0 Å². The number of pyridine rings is 1. The number of nitrogens with one attached hydrogen (secondary N) is 2. The molecule has 0 spiro atoms. The molecule has 0 atom stereocenters. The average molecular weight is 501 g/mol. The number of aromatic nitrogens is 2. The first-order chi connectivity index (χ1) is 12.8. The van der Waals surface area contributed by atoms with E-state index in [4.69, 9.17) is 4.74 Å². The monoisotopic (exact) mass is 501 g/mol. The first kappa shape index (κ1) is 21.9. The van der Waals surface area contributed by atoms with Crippen molar-refractivity contribution in [1.82, 2.24) is 20.6 Å². The van der Waals surface area contributed by atoms with Gasteiger partial charge in [-0.1, -0.05) is 6.92 Å². The van der Waals surface area contributed by atoms with E-state index in [-0.39, 0.29) is 24.0 Å². The van der Waals surface area contributed by atoms with Crippen molar-refractivity contribution in [2.75, 3.05) is 13.2 Å². The second-order valence-electron chi connectivity index (χ2n) is 6.38. The maximum atomic E-state index is 5.75. The summed E-state index contributed by atoms with van der Waals surface area (Å²) in [7, 11) is 0. The van der Waals surface area contributed by atoms with Crippen molar-refractivity contribution in [2.24, 2.45) is 10.9 Å². The molecule has 0 unspecified atom stereocenters. The Labute approximate surface area is 182 Å². The standard InChI is InChI=1S/C19H27N5OS.HI/c1-3-16-11-22-18(26-16)12-24-19(20-4-2)23-10-15-7-8-21-17(9-15)25-13-14-5-6-14;/h7-9,11,14H,3-6,10,12-13H2,1-2H3,(H2,20,23,24);1H. The number of hydrogen-bond donors (Lipinski definition) is 2. The van der Waals surface area contributed by atoms with Gasteiger partial charge in [0.2, 0.25) is 5.88 Å². The van der Waals surface area contributed by atoms with Gasteiger partial charge in [-0.05, 0) is 43.7 Å². The Kier molecular flexibility index (Phi) is 9.26. The molecular weight excluding hydrogens is 473 g/mol. The van der Waals surface area contributed by atoms with Crippen LogP contribution < -0.4 is 15.4 Å². The van der Waals surface area contributed by atoms with E-state index >= 15 is 0 Å². The van der Waals surface area contributed by atoms with Crippen molar-refractivity contribution in [3.8, 4) is 5.88 Å². The van der Waals surface area contributed by atoms with Gasteiger partial charge in [-0.15, -0.1) is 35.3 Å². The second-order valence-corrected chi connectivity index (χ2v) is 7.58. The van der Waals surface area contributed by atoms with E-state index in [1.807, 2.05) is 18.3 Å². The Morgan fingerprint density at radius 1 is 1.30 bits per heavy atom. The molecule has 8 heteroatoms. The molecule has 1 aliphatic rings. The van der Waals surface area contributed by atoms with Crippen LogP contribution in [0.5, 0.6) is 5.88 Å². The molecule has 2 aromatic heterocycles. The average Bonchev–Trinajstić information content (AvgIpc) is 3.39. The zero-order valence-corrected chi connectivity index (χ0v) is 19.0. The van der Waals surface area contributed by atoms with Gasteiger partial charge in [0.25, 0.3) is 0 Å². The zero-order valence-electron chi connectivity index (χ0n) is 15.9. The third-order valence-corrected chi connectivity index (χ3v) is 5.23. The number of nitrogens with zero attached hydrogens (tertiary/aromatic N) is 3. The van der Waals surface area contributed by atoms with E-state index in [1.54, 1.807) is 17.5 Å². The van der Waals surface area contributed by atoms with Crippen LogP contribution in [0.25, 0.3) is 0 Å². The summed E-state index contributed by atoms with van der Waals surface area (Å²) in [6, 6.07) is 3.95. The Morgan fingerprint density at radius 3 is 2.85 bits per heavy atom. The topological polar surface area (TPSA) is 71.4 Å². The zero-order chi connectivity index (χ0) is 18.2. The molecule has 0 bridgehead atoms. The fourth-order valence-electron chi connectivity index (χ4n) is 2.38. The van der Waals surface area contributed by atoms with Gasteiger partial charge in [0.15, 0.2) is 5.96 Å². The third-order valence-electron chi connectivity index (χ3n) is 4.08. The predicted octanol–water partition coefficient (Wildman–Crippen LogP) is 3.76. The van der Waals surface area contributed by atoms with E-state index in [2.05, 4.69) is 39.4 Å². The summed E-state index contributed by atoms with van der Waals surface area (Å²) in [5, 5.41) is 7.70. The summed E-state index contributed by atoms with van der Waals surface area (Å²) >= 11 is 1.74. The number of thiazole rings is 1. The van der Waals surface area contributed by atoms with Crippen molar-refractivity contribution in [1.29, 1.82) is 0 Å². The van der Waals surface area contributed by atoms with Crippen LogP contribution in [0.15, 0.2) is 29.5 Å². The van der Waals surface area contributed by atoms with Crippen LogP contribution in [0.3, 0.4) is 0 Å². The van der Waals surface area contributed by atoms with Gasteiger partial charge in [-0.25, -0.2) is 15.0 Å². The summed E-state index contributed by atoms with van der Waals surface area (Å²) in [6.45, 7) is 7.06. The lowest BCUT2D eigenvalue weighted by Gasteiger charge is -2.10. The molecule has 2 heterocycles. The lowest BCUT2D eigenvalue weighted by Crippen LogP contribution is -2.36. The molecule has 1 fully saturated rings. The molecule has 2 aromatic rings. The largest absolute Gasteiger partial charge is 0.477 e. The molecule has 0 saturated heterocycles. The highest BCUT2D eigenvalue weighted by Gasteiger charge is 2.22. The van der Waals surface area contributed by atoms with E-state index in [1.165, 1.54) is 17.7 Å². The summed E-state index contributed by atoms with van der Waals surface area (Å²) in [5.74, 6) is 2.21. The summed E-state index contributed by atoms with van der Waals surface area (Å²) in [5.41, 5.74) is 1.09. The fourth-order valence-corrected chi connectivity index (χ4v) is 3.18. The molecular formula is C19H28IN5OS. The summed E-state index contributed by atoms with van der Waals surface area (Å²) in [6.07, 6.45) is 7.32. The van der Waals surface area contributed by atoms with Gasteiger partial charge in [0, 0.05) is 29.9 Å². The van der Waals surface area contributed by atoms with Crippen LogP contribution in [-0.2, 0) is 19.5 Å². The highest BCUT2D eigenvalue weighted by molar-refractivity contribution is 14.0. The van der Waals surface area contributed by atoms with Crippen molar-refractivity contribution >= 4 is 41.3 Å². The number of rotatable bonds is 9. The lowest BCUT2D eigenvalue weighted by molar-refractivity contribution is 0.288. The molecule has 3 rings (SSSR count). The molecule has 0 aromatic carbocycles. The lowest BCUT2D eigenvalue weighted by atomic mass is 10.3. The number of hydrogen-bond acceptors (Lipinski definition) is 5. The minimum atomic E-state index is 0. The smallest absolute Gasteiger partial charge is 0.213 e.